The fourth-order valence-corrected chi connectivity index (χ4v) is 1.78. The number of ether oxygens (including phenoxy) is 1. The Kier molecular flexibility index (Phi) is 2.95. The first kappa shape index (κ1) is 11.4. The number of nitrogens with zero attached hydrogens (tertiary/aromatic N) is 1. The number of methoxy groups -OCH3 is 1. The Morgan fingerprint density at radius 2 is 2.18 bits per heavy atom. The predicted octanol–water partition coefficient (Wildman–Crippen LogP) is 2.43. The van der Waals surface area contributed by atoms with Gasteiger partial charge in [0.2, 0.25) is 0 Å². The van der Waals surface area contributed by atoms with Crippen molar-refractivity contribution in [2.45, 2.75) is 12.8 Å². The highest BCUT2D eigenvalue weighted by atomic mass is 16.5. The van der Waals surface area contributed by atoms with Crippen molar-refractivity contribution < 1.29 is 14.6 Å². The van der Waals surface area contributed by atoms with Crippen molar-refractivity contribution in [2.75, 3.05) is 7.11 Å². The molecule has 1 aromatic carbocycles. The Morgan fingerprint density at radius 3 is 2.82 bits per heavy atom. The SMILES string of the molecule is COc1ccc2c(C(C)C(=O)O)cncc2c1. The van der Waals surface area contributed by atoms with Crippen molar-refractivity contribution in [1.29, 1.82) is 0 Å². The van der Waals surface area contributed by atoms with Crippen molar-refractivity contribution in [3.63, 3.8) is 0 Å². The minimum atomic E-state index is -0.852. The lowest BCUT2D eigenvalue weighted by Gasteiger charge is -2.10. The van der Waals surface area contributed by atoms with E-state index in [4.69, 9.17) is 9.84 Å². The first-order valence-corrected chi connectivity index (χ1v) is 5.28. The second-order valence-electron chi connectivity index (χ2n) is 3.88. The van der Waals surface area contributed by atoms with Crippen LogP contribution in [0.2, 0.25) is 0 Å². The number of hydrogen-bond acceptors (Lipinski definition) is 3. The highest BCUT2D eigenvalue weighted by Crippen LogP contribution is 2.27. The second kappa shape index (κ2) is 4.41. The maximum absolute atomic E-state index is 11.0. The zero-order chi connectivity index (χ0) is 12.4. The van der Waals surface area contributed by atoms with Gasteiger partial charge in [-0.1, -0.05) is 6.07 Å². The molecule has 0 aliphatic carbocycles. The normalized spacial score (nSPS) is 12.4. The Labute approximate surface area is 98.9 Å². The lowest BCUT2D eigenvalue weighted by atomic mass is 9.97. The van der Waals surface area contributed by atoms with E-state index in [0.29, 0.717) is 0 Å². The van der Waals surface area contributed by atoms with Crippen molar-refractivity contribution in [3.8, 4) is 5.75 Å². The summed E-state index contributed by atoms with van der Waals surface area (Å²) < 4.78 is 5.13. The van der Waals surface area contributed by atoms with Crippen molar-refractivity contribution in [1.82, 2.24) is 4.98 Å². The van der Waals surface area contributed by atoms with Crippen LogP contribution in [0.5, 0.6) is 5.75 Å². The fourth-order valence-electron chi connectivity index (χ4n) is 1.78. The van der Waals surface area contributed by atoms with Crippen LogP contribution >= 0.6 is 0 Å². The van der Waals surface area contributed by atoms with Gasteiger partial charge in [-0.25, -0.2) is 0 Å². The van der Waals surface area contributed by atoms with Crippen LogP contribution < -0.4 is 4.74 Å². The molecule has 0 aliphatic heterocycles. The fraction of sp³-hybridized carbons (Fsp3) is 0.231. The van der Waals surface area contributed by atoms with Gasteiger partial charge in [-0.3, -0.25) is 9.78 Å². The van der Waals surface area contributed by atoms with Gasteiger partial charge in [-0.05, 0) is 30.0 Å². The smallest absolute Gasteiger partial charge is 0.310 e. The summed E-state index contributed by atoms with van der Waals surface area (Å²) in [5, 5.41) is 10.8. The number of benzene rings is 1. The van der Waals surface area contributed by atoms with Gasteiger partial charge in [0.25, 0.3) is 0 Å². The lowest BCUT2D eigenvalue weighted by molar-refractivity contribution is -0.138. The molecule has 1 N–H and O–H groups in total. The average Bonchev–Trinajstić information content (AvgIpc) is 2.36. The van der Waals surface area contributed by atoms with Crippen LogP contribution in [0.1, 0.15) is 18.4 Å². The molecule has 0 spiro atoms. The van der Waals surface area contributed by atoms with Gasteiger partial charge in [0.05, 0.1) is 13.0 Å². The van der Waals surface area contributed by atoms with Crippen LogP contribution in [0.3, 0.4) is 0 Å². The van der Waals surface area contributed by atoms with Gasteiger partial charge in [0, 0.05) is 17.8 Å². The molecule has 1 heterocycles. The molecule has 0 saturated carbocycles. The summed E-state index contributed by atoms with van der Waals surface area (Å²) >= 11 is 0. The summed E-state index contributed by atoms with van der Waals surface area (Å²) in [7, 11) is 1.60. The molecule has 2 aromatic rings. The molecular formula is C13H13NO3. The van der Waals surface area contributed by atoms with E-state index in [2.05, 4.69) is 4.98 Å². The third-order valence-corrected chi connectivity index (χ3v) is 2.83. The Balaban J connectivity index is 2.62. The highest BCUT2D eigenvalue weighted by Gasteiger charge is 2.16. The number of carbonyl (C=O) groups is 1. The first-order chi connectivity index (χ1) is 8.13. The average molecular weight is 231 g/mol. The van der Waals surface area contributed by atoms with E-state index in [1.807, 2.05) is 18.2 Å². The zero-order valence-electron chi connectivity index (χ0n) is 9.68. The molecule has 1 unspecified atom stereocenters. The van der Waals surface area contributed by atoms with E-state index < -0.39 is 11.9 Å². The number of pyridine rings is 1. The minimum absolute atomic E-state index is 0.570. The number of fused-ring (bicyclic) bond motifs is 1. The summed E-state index contributed by atoms with van der Waals surface area (Å²) in [5.74, 6) is -0.686. The first-order valence-electron chi connectivity index (χ1n) is 5.28. The summed E-state index contributed by atoms with van der Waals surface area (Å²) in [5.41, 5.74) is 0.720. The van der Waals surface area contributed by atoms with E-state index in [9.17, 15) is 4.79 Å². The van der Waals surface area contributed by atoms with E-state index >= 15 is 0 Å². The summed E-state index contributed by atoms with van der Waals surface area (Å²) in [6.07, 6.45) is 3.31. The Morgan fingerprint density at radius 1 is 1.41 bits per heavy atom. The Hall–Kier alpha value is -2.10. The van der Waals surface area contributed by atoms with Crippen LogP contribution in [-0.2, 0) is 4.79 Å². The number of rotatable bonds is 3. The molecule has 0 radical (unpaired) electrons. The quantitative estimate of drug-likeness (QED) is 0.881. The van der Waals surface area contributed by atoms with Crippen molar-refractivity contribution >= 4 is 16.7 Å². The van der Waals surface area contributed by atoms with Gasteiger partial charge in [-0.2, -0.15) is 0 Å². The van der Waals surface area contributed by atoms with Crippen LogP contribution in [0.25, 0.3) is 10.8 Å². The van der Waals surface area contributed by atoms with Crippen LogP contribution in [0.4, 0.5) is 0 Å². The highest BCUT2D eigenvalue weighted by molar-refractivity contribution is 5.90. The Bertz CT molecular complexity index is 566. The second-order valence-corrected chi connectivity index (χ2v) is 3.88. The van der Waals surface area contributed by atoms with Gasteiger partial charge in [0.15, 0.2) is 0 Å². The van der Waals surface area contributed by atoms with Crippen molar-refractivity contribution in [2.24, 2.45) is 0 Å². The molecule has 0 saturated heterocycles. The molecule has 0 bridgehead atoms. The number of carboxylic acids is 1. The number of aromatic nitrogens is 1. The molecule has 1 atom stereocenters. The number of hydrogen-bond donors (Lipinski definition) is 1. The topological polar surface area (TPSA) is 59.4 Å². The molecule has 0 fully saturated rings. The molecule has 17 heavy (non-hydrogen) atoms. The van der Waals surface area contributed by atoms with Gasteiger partial charge in [-0.15, -0.1) is 0 Å². The molecule has 4 heteroatoms. The van der Waals surface area contributed by atoms with Gasteiger partial charge >= 0.3 is 5.97 Å². The molecule has 88 valence electrons. The third kappa shape index (κ3) is 2.06. The van der Waals surface area contributed by atoms with E-state index in [1.165, 1.54) is 0 Å². The maximum atomic E-state index is 11.0. The molecule has 0 amide bonds. The lowest BCUT2D eigenvalue weighted by Crippen LogP contribution is -2.08. The molecule has 0 aliphatic rings. The van der Waals surface area contributed by atoms with E-state index in [-0.39, 0.29) is 0 Å². The van der Waals surface area contributed by atoms with E-state index in [1.54, 1.807) is 26.4 Å². The summed E-state index contributed by atoms with van der Waals surface area (Å²) in [6.45, 7) is 1.66. The molecule has 4 nitrogen and oxygen atoms in total. The van der Waals surface area contributed by atoms with Gasteiger partial charge in [0.1, 0.15) is 5.75 Å². The summed E-state index contributed by atoms with van der Waals surface area (Å²) in [6, 6.07) is 5.53. The minimum Gasteiger partial charge on any atom is -0.497 e. The largest absolute Gasteiger partial charge is 0.497 e. The summed E-state index contributed by atoms with van der Waals surface area (Å²) in [4.78, 5) is 15.1. The third-order valence-electron chi connectivity index (χ3n) is 2.83. The van der Waals surface area contributed by atoms with Gasteiger partial charge < -0.3 is 9.84 Å². The number of aliphatic carboxylic acids is 1. The molecule has 1 aromatic heterocycles. The predicted molar refractivity (Wildman–Crippen MR) is 64.3 cm³/mol. The van der Waals surface area contributed by atoms with Crippen LogP contribution in [0, 0.1) is 0 Å². The number of carboxylic acid groups (broad SMARTS) is 1. The zero-order valence-corrected chi connectivity index (χ0v) is 9.68. The molecular weight excluding hydrogens is 218 g/mol. The standard InChI is InChI=1S/C13H13NO3/c1-8(13(15)16)12-7-14-6-9-5-10(17-2)3-4-11(9)12/h3-8H,1-2H3,(H,15,16). The van der Waals surface area contributed by atoms with E-state index in [0.717, 1.165) is 22.1 Å². The van der Waals surface area contributed by atoms with Crippen LogP contribution in [0.15, 0.2) is 30.6 Å². The van der Waals surface area contributed by atoms with Crippen LogP contribution in [-0.4, -0.2) is 23.2 Å². The maximum Gasteiger partial charge on any atom is 0.310 e. The molecule has 2 rings (SSSR count). The van der Waals surface area contributed by atoms with Crippen molar-refractivity contribution in [3.05, 3.63) is 36.2 Å². The monoisotopic (exact) mass is 231 g/mol.